The Bertz CT molecular complexity index is 352. The Morgan fingerprint density at radius 1 is 1.25 bits per heavy atom. The van der Waals surface area contributed by atoms with Crippen molar-refractivity contribution in [1.29, 1.82) is 0 Å². The van der Waals surface area contributed by atoms with Crippen LogP contribution in [0.3, 0.4) is 0 Å². The first-order valence-corrected chi connectivity index (χ1v) is 6.13. The van der Waals surface area contributed by atoms with E-state index in [-0.39, 0.29) is 5.41 Å². The molecule has 0 saturated carbocycles. The second-order valence-electron chi connectivity index (χ2n) is 5.10. The minimum Gasteiger partial charge on any atom is -0.330 e. The van der Waals surface area contributed by atoms with Gasteiger partial charge in [0.2, 0.25) is 0 Å². The summed E-state index contributed by atoms with van der Waals surface area (Å²) in [4.78, 5) is 2.40. The largest absolute Gasteiger partial charge is 0.330 e. The highest BCUT2D eigenvalue weighted by Crippen LogP contribution is 2.35. The fourth-order valence-electron chi connectivity index (χ4n) is 2.80. The van der Waals surface area contributed by atoms with E-state index < -0.39 is 0 Å². The molecule has 2 nitrogen and oxygen atoms in total. The molecule has 0 amide bonds. The van der Waals surface area contributed by atoms with E-state index in [9.17, 15) is 0 Å². The van der Waals surface area contributed by atoms with Crippen LogP contribution in [0, 0.1) is 6.92 Å². The Hall–Kier alpha value is -0.860. The van der Waals surface area contributed by atoms with Crippen LogP contribution in [0.4, 0.5) is 0 Å². The first-order valence-electron chi connectivity index (χ1n) is 6.13. The molecule has 1 aliphatic rings. The van der Waals surface area contributed by atoms with Crippen LogP contribution in [0.15, 0.2) is 24.3 Å². The molecule has 88 valence electrons. The highest BCUT2D eigenvalue weighted by molar-refractivity contribution is 5.34. The lowest BCUT2D eigenvalue weighted by Crippen LogP contribution is -2.45. The van der Waals surface area contributed by atoms with Crippen LogP contribution in [-0.2, 0) is 5.41 Å². The third-order valence-corrected chi connectivity index (χ3v) is 4.05. The van der Waals surface area contributed by atoms with Gasteiger partial charge in [0.1, 0.15) is 0 Å². The molecule has 0 aromatic heterocycles. The number of benzene rings is 1. The van der Waals surface area contributed by atoms with Crippen LogP contribution < -0.4 is 5.73 Å². The van der Waals surface area contributed by atoms with Crippen molar-refractivity contribution < 1.29 is 0 Å². The molecule has 2 heteroatoms. The van der Waals surface area contributed by atoms with E-state index >= 15 is 0 Å². The quantitative estimate of drug-likeness (QED) is 0.821. The predicted molar refractivity (Wildman–Crippen MR) is 68.6 cm³/mol. The SMILES string of the molecule is Cc1ccccc1C1(CN)CCN(C)CC1. The van der Waals surface area contributed by atoms with E-state index in [2.05, 4.69) is 43.1 Å². The Labute approximate surface area is 98.4 Å². The van der Waals surface area contributed by atoms with Crippen molar-refractivity contribution in [2.75, 3.05) is 26.7 Å². The van der Waals surface area contributed by atoms with Gasteiger partial charge in [-0.2, -0.15) is 0 Å². The second kappa shape index (κ2) is 4.56. The van der Waals surface area contributed by atoms with Gasteiger partial charge in [0, 0.05) is 12.0 Å². The summed E-state index contributed by atoms with van der Waals surface area (Å²) in [6, 6.07) is 8.70. The second-order valence-corrected chi connectivity index (χ2v) is 5.10. The molecule has 0 bridgehead atoms. The zero-order valence-electron chi connectivity index (χ0n) is 10.4. The maximum atomic E-state index is 6.07. The number of hydrogen-bond acceptors (Lipinski definition) is 2. The molecule has 1 aliphatic heterocycles. The topological polar surface area (TPSA) is 29.3 Å². The van der Waals surface area contributed by atoms with Crippen molar-refractivity contribution in [3.05, 3.63) is 35.4 Å². The fourth-order valence-corrected chi connectivity index (χ4v) is 2.80. The minimum absolute atomic E-state index is 0.220. The summed E-state index contributed by atoms with van der Waals surface area (Å²) in [5.41, 5.74) is 9.14. The molecule has 1 heterocycles. The molecule has 1 aromatic carbocycles. The number of nitrogens with two attached hydrogens (primary N) is 1. The molecule has 1 aromatic rings. The summed E-state index contributed by atoms with van der Waals surface area (Å²) in [7, 11) is 2.19. The first kappa shape index (κ1) is 11.6. The average Bonchev–Trinajstić information content (AvgIpc) is 2.32. The molecule has 16 heavy (non-hydrogen) atoms. The van der Waals surface area contributed by atoms with Crippen molar-refractivity contribution in [1.82, 2.24) is 4.90 Å². The zero-order valence-corrected chi connectivity index (χ0v) is 10.4. The van der Waals surface area contributed by atoms with Gasteiger partial charge < -0.3 is 10.6 Å². The van der Waals surface area contributed by atoms with Crippen LogP contribution >= 0.6 is 0 Å². The highest BCUT2D eigenvalue weighted by Gasteiger charge is 2.34. The van der Waals surface area contributed by atoms with E-state index in [0.717, 1.165) is 19.6 Å². The molecule has 0 radical (unpaired) electrons. The van der Waals surface area contributed by atoms with E-state index in [4.69, 9.17) is 5.73 Å². The smallest absolute Gasteiger partial charge is 0.0102 e. The first-order chi connectivity index (χ1) is 7.68. The Kier molecular flexibility index (Phi) is 3.31. The number of piperidine rings is 1. The van der Waals surface area contributed by atoms with E-state index in [1.807, 2.05) is 0 Å². The number of hydrogen-bond donors (Lipinski definition) is 1. The molecule has 1 fully saturated rings. The fraction of sp³-hybridized carbons (Fsp3) is 0.571. The molecule has 2 rings (SSSR count). The zero-order chi connectivity index (χ0) is 11.6. The van der Waals surface area contributed by atoms with Crippen LogP contribution in [0.25, 0.3) is 0 Å². The van der Waals surface area contributed by atoms with Crippen molar-refractivity contribution >= 4 is 0 Å². The average molecular weight is 218 g/mol. The Balaban J connectivity index is 2.32. The third-order valence-electron chi connectivity index (χ3n) is 4.05. The van der Waals surface area contributed by atoms with E-state index in [1.165, 1.54) is 24.0 Å². The number of nitrogens with zero attached hydrogens (tertiary/aromatic N) is 1. The number of aryl methyl sites for hydroxylation is 1. The van der Waals surface area contributed by atoms with E-state index in [0.29, 0.717) is 0 Å². The van der Waals surface area contributed by atoms with Crippen molar-refractivity contribution in [3.8, 4) is 0 Å². The minimum atomic E-state index is 0.220. The van der Waals surface area contributed by atoms with Crippen LogP contribution in [0.5, 0.6) is 0 Å². The number of rotatable bonds is 2. The molecular formula is C14H22N2. The van der Waals surface area contributed by atoms with Gasteiger partial charge in [-0.05, 0) is 51.0 Å². The summed E-state index contributed by atoms with van der Waals surface area (Å²) in [6.07, 6.45) is 2.37. The summed E-state index contributed by atoms with van der Waals surface area (Å²) >= 11 is 0. The van der Waals surface area contributed by atoms with Crippen molar-refractivity contribution in [2.45, 2.75) is 25.2 Å². The maximum absolute atomic E-state index is 6.07. The molecule has 0 aliphatic carbocycles. The molecule has 0 unspecified atom stereocenters. The van der Waals surface area contributed by atoms with Gasteiger partial charge in [0.15, 0.2) is 0 Å². The molecule has 0 spiro atoms. The lowest BCUT2D eigenvalue weighted by Gasteiger charge is -2.41. The van der Waals surface area contributed by atoms with Gasteiger partial charge in [0.05, 0.1) is 0 Å². The summed E-state index contributed by atoms with van der Waals surface area (Å²) in [6.45, 7) is 5.29. The Morgan fingerprint density at radius 2 is 1.88 bits per heavy atom. The monoisotopic (exact) mass is 218 g/mol. The number of likely N-dealkylation sites (tertiary alicyclic amines) is 1. The predicted octanol–water partition coefficient (Wildman–Crippen LogP) is 1.92. The van der Waals surface area contributed by atoms with Crippen molar-refractivity contribution in [2.24, 2.45) is 5.73 Å². The van der Waals surface area contributed by atoms with Crippen LogP contribution in [-0.4, -0.2) is 31.6 Å². The standard InChI is InChI=1S/C14H22N2/c1-12-5-3-4-6-13(12)14(11-15)7-9-16(2)10-8-14/h3-6H,7-11,15H2,1-2H3. The highest BCUT2D eigenvalue weighted by atomic mass is 15.1. The van der Waals surface area contributed by atoms with Crippen molar-refractivity contribution in [3.63, 3.8) is 0 Å². The third kappa shape index (κ3) is 2.00. The molecule has 2 N–H and O–H groups in total. The van der Waals surface area contributed by atoms with Gasteiger partial charge in [-0.3, -0.25) is 0 Å². The molecule has 1 saturated heterocycles. The van der Waals surface area contributed by atoms with E-state index in [1.54, 1.807) is 0 Å². The summed E-state index contributed by atoms with van der Waals surface area (Å²) < 4.78 is 0. The summed E-state index contributed by atoms with van der Waals surface area (Å²) in [5, 5.41) is 0. The lowest BCUT2D eigenvalue weighted by atomic mass is 9.71. The molecule has 0 atom stereocenters. The van der Waals surface area contributed by atoms with Crippen LogP contribution in [0.1, 0.15) is 24.0 Å². The maximum Gasteiger partial charge on any atom is 0.0102 e. The van der Waals surface area contributed by atoms with Gasteiger partial charge in [-0.1, -0.05) is 24.3 Å². The van der Waals surface area contributed by atoms with Gasteiger partial charge in [-0.25, -0.2) is 0 Å². The van der Waals surface area contributed by atoms with Crippen LogP contribution in [0.2, 0.25) is 0 Å². The van der Waals surface area contributed by atoms with Gasteiger partial charge >= 0.3 is 0 Å². The molecular weight excluding hydrogens is 196 g/mol. The summed E-state index contributed by atoms with van der Waals surface area (Å²) in [5.74, 6) is 0. The van der Waals surface area contributed by atoms with Gasteiger partial charge in [-0.15, -0.1) is 0 Å². The lowest BCUT2D eigenvalue weighted by molar-refractivity contribution is 0.191. The van der Waals surface area contributed by atoms with Gasteiger partial charge in [0.25, 0.3) is 0 Å². The Morgan fingerprint density at radius 3 is 2.44 bits per heavy atom. The normalized spacial score (nSPS) is 20.9.